The van der Waals surface area contributed by atoms with Crippen LogP contribution >= 0.6 is 15.9 Å². The highest BCUT2D eigenvalue weighted by molar-refractivity contribution is 9.10. The van der Waals surface area contributed by atoms with Crippen molar-refractivity contribution in [2.45, 2.75) is 12.5 Å². The summed E-state index contributed by atoms with van der Waals surface area (Å²) in [5.74, 6) is 5.14. The molecule has 1 saturated heterocycles. The van der Waals surface area contributed by atoms with Gasteiger partial charge in [0.25, 0.3) is 5.91 Å². The van der Waals surface area contributed by atoms with Gasteiger partial charge >= 0.3 is 0 Å². The molecule has 5 heteroatoms. The van der Waals surface area contributed by atoms with Crippen LogP contribution in [-0.4, -0.2) is 30.0 Å². The van der Waals surface area contributed by atoms with E-state index in [9.17, 15) is 4.79 Å². The number of nitrogens with two attached hydrogens (primary N) is 1. The van der Waals surface area contributed by atoms with Gasteiger partial charge in [-0.2, -0.15) is 0 Å². The van der Waals surface area contributed by atoms with Crippen LogP contribution in [0.15, 0.2) is 28.7 Å². The smallest absolute Gasteiger partial charge is 0.253 e. The molecule has 4 nitrogen and oxygen atoms in total. The fourth-order valence-corrected chi connectivity index (χ4v) is 2.06. The van der Waals surface area contributed by atoms with Gasteiger partial charge in [0, 0.05) is 23.1 Å². The Morgan fingerprint density at radius 3 is 2.69 bits per heavy atom. The number of likely N-dealkylation sites (tertiary alicyclic amines) is 1. The second-order valence-electron chi connectivity index (χ2n) is 3.80. The first-order valence-corrected chi connectivity index (χ1v) is 5.90. The Morgan fingerprint density at radius 2 is 2.12 bits per heavy atom. The maximum atomic E-state index is 12.0. The van der Waals surface area contributed by atoms with E-state index in [0.29, 0.717) is 18.7 Å². The van der Waals surface area contributed by atoms with E-state index in [4.69, 9.17) is 10.7 Å². The van der Waals surface area contributed by atoms with Crippen LogP contribution in [0.3, 0.4) is 0 Å². The number of benzene rings is 1. The van der Waals surface area contributed by atoms with Gasteiger partial charge in [-0.25, -0.2) is 5.90 Å². The predicted octanol–water partition coefficient (Wildman–Crippen LogP) is 1.55. The van der Waals surface area contributed by atoms with Crippen LogP contribution in [0.2, 0.25) is 0 Å². The molecule has 0 saturated carbocycles. The Balaban J connectivity index is 2.05. The van der Waals surface area contributed by atoms with Gasteiger partial charge in [-0.3, -0.25) is 9.63 Å². The molecule has 2 rings (SSSR count). The Bertz CT molecular complexity index is 380. The minimum Gasteiger partial charge on any atom is -0.336 e. The van der Waals surface area contributed by atoms with Crippen molar-refractivity contribution >= 4 is 21.8 Å². The molecule has 1 aromatic carbocycles. The molecule has 2 N–H and O–H groups in total. The second-order valence-corrected chi connectivity index (χ2v) is 4.72. The number of halogens is 1. The molecule has 0 bridgehead atoms. The van der Waals surface area contributed by atoms with E-state index in [1.54, 1.807) is 4.90 Å². The number of rotatable bonds is 2. The molecule has 1 aliphatic rings. The summed E-state index contributed by atoms with van der Waals surface area (Å²) >= 11 is 3.34. The summed E-state index contributed by atoms with van der Waals surface area (Å²) in [5.41, 5.74) is 0.695. The van der Waals surface area contributed by atoms with E-state index in [2.05, 4.69) is 15.9 Å². The van der Waals surface area contributed by atoms with Crippen LogP contribution in [-0.2, 0) is 4.84 Å². The van der Waals surface area contributed by atoms with Crippen molar-refractivity contribution in [2.75, 3.05) is 13.1 Å². The van der Waals surface area contributed by atoms with Gasteiger partial charge in [0.05, 0.1) is 6.10 Å². The van der Waals surface area contributed by atoms with E-state index >= 15 is 0 Å². The van der Waals surface area contributed by atoms with Gasteiger partial charge in [0.15, 0.2) is 0 Å². The Hall–Kier alpha value is -0.910. The number of amides is 1. The normalized spacial score (nSPS) is 20.1. The molecular formula is C11H13BrN2O2. The summed E-state index contributed by atoms with van der Waals surface area (Å²) < 4.78 is 0.966. The first kappa shape index (κ1) is 11.6. The maximum Gasteiger partial charge on any atom is 0.253 e. The maximum absolute atomic E-state index is 12.0. The average molecular weight is 285 g/mol. The third-order valence-electron chi connectivity index (χ3n) is 2.72. The van der Waals surface area contributed by atoms with Crippen LogP contribution in [0, 0.1) is 0 Å². The molecule has 0 radical (unpaired) electrons. The topological polar surface area (TPSA) is 55.6 Å². The van der Waals surface area contributed by atoms with Gasteiger partial charge < -0.3 is 4.90 Å². The molecule has 0 aromatic heterocycles. The van der Waals surface area contributed by atoms with Gasteiger partial charge in [0.1, 0.15) is 0 Å². The summed E-state index contributed by atoms with van der Waals surface area (Å²) in [5, 5.41) is 0. The van der Waals surface area contributed by atoms with Crippen molar-refractivity contribution in [1.82, 2.24) is 4.90 Å². The summed E-state index contributed by atoms with van der Waals surface area (Å²) in [4.78, 5) is 18.5. The molecule has 16 heavy (non-hydrogen) atoms. The van der Waals surface area contributed by atoms with E-state index in [-0.39, 0.29) is 12.0 Å². The third kappa shape index (κ3) is 2.42. The molecule has 1 aromatic rings. The highest BCUT2D eigenvalue weighted by Gasteiger charge is 2.26. The fraction of sp³-hybridized carbons (Fsp3) is 0.364. The summed E-state index contributed by atoms with van der Waals surface area (Å²) in [6.07, 6.45) is 0.776. The zero-order valence-corrected chi connectivity index (χ0v) is 10.3. The molecule has 1 unspecified atom stereocenters. The Labute approximate surface area is 102 Å². The van der Waals surface area contributed by atoms with E-state index in [1.165, 1.54) is 0 Å². The zero-order valence-electron chi connectivity index (χ0n) is 8.73. The van der Waals surface area contributed by atoms with Gasteiger partial charge in [-0.1, -0.05) is 15.9 Å². The van der Waals surface area contributed by atoms with E-state index in [0.717, 1.165) is 10.9 Å². The summed E-state index contributed by atoms with van der Waals surface area (Å²) in [6, 6.07) is 7.34. The highest BCUT2D eigenvalue weighted by atomic mass is 79.9. The van der Waals surface area contributed by atoms with E-state index in [1.807, 2.05) is 24.3 Å². The largest absolute Gasteiger partial charge is 0.336 e. The first-order valence-electron chi connectivity index (χ1n) is 5.11. The SMILES string of the molecule is NOC1CCN(C(=O)c2ccc(Br)cc2)C1. The van der Waals surface area contributed by atoms with Crippen molar-refractivity contribution < 1.29 is 9.63 Å². The summed E-state index contributed by atoms with van der Waals surface area (Å²) in [7, 11) is 0. The lowest BCUT2D eigenvalue weighted by Crippen LogP contribution is -2.30. The van der Waals surface area contributed by atoms with Gasteiger partial charge in [0.2, 0.25) is 0 Å². The number of carbonyl (C=O) groups excluding carboxylic acids is 1. The first-order chi connectivity index (χ1) is 7.70. The Kier molecular flexibility index (Phi) is 3.58. The van der Waals surface area contributed by atoms with Crippen LogP contribution < -0.4 is 5.90 Å². The quantitative estimate of drug-likeness (QED) is 0.839. The van der Waals surface area contributed by atoms with E-state index < -0.39 is 0 Å². The Morgan fingerprint density at radius 1 is 1.44 bits per heavy atom. The average Bonchev–Trinajstić information content (AvgIpc) is 2.77. The molecule has 1 aliphatic heterocycles. The van der Waals surface area contributed by atoms with Crippen molar-refractivity contribution in [1.29, 1.82) is 0 Å². The third-order valence-corrected chi connectivity index (χ3v) is 3.24. The monoisotopic (exact) mass is 284 g/mol. The predicted molar refractivity (Wildman–Crippen MR) is 63.7 cm³/mol. The molecule has 1 fully saturated rings. The fourth-order valence-electron chi connectivity index (χ4n) is 1.80. The minimum absolute atomic E-state index is 0.0283. The zero-order chi connectivity index (χ0) is 11.5. The lowest BCUT2D eigenvalue weighted by molar-refractivity contribution is 0.0537. The molecule has 86 valence electrons. The van der Waals surface area contributed by atoms with Crippen molar-refractivity contribution in [3.05, 3.63) is 34.3 Å². The molecule has 1 amide bonds. The lowest BCUT2D eigenvalue weighted by atomic mass is 10.2. The molecule has 0 aliphatic carbocycles. The minimum atomic E-state index is -0.0283. The number of carbonyl (C=O) groups is 1. The summed E-state index contributed by atoms with van der Waals surface area (Å²) in [6.45, 7) is 1.28. The van der Waals surface area contributed by atoms with Gasteiger partial charge in [-0.15, -0.1) is 0 Å². The van der Waals surface area contributed by atoms with Crippen molar-refractivity contribution in [3.8, 4) is 0 Å². The van der Waals surface area contributed by atoms with Crippen LogP contribution in [0.4, 0.5) is 0 Å². The number of hydrogen-bond donors (Lipinski definition) is 1. The highest BCUT2D eigenvalue weighted by Crippen LogP contribution is 2.16. The molecule has 1 heterocycles. The van der Waals surface area contributed by atoms with Crippen molar-refractivity contribution in [2.24, 2.45) is 5.90 Å². The standard InChI is InChI=1S/C11H13BrN2O2/c12-9-3-1-8(2-4-9)11(15)14-6-5-10(7-14)16-13/h1-4,10H,5-7,13H2. The van der Waals surface area contributed by atoms with Gasteiger partial charge in [-0.05, 0) is 30.7 Å². The number of hydrogen-bond acceptors (Lipinski definition) is 3. The molecule has 0 spiro atoms. The second kappa shape index (κ2) is 4.95. The van der Waals surface area contributed by atoms with Crippen LogP contribution in [0.5, 0.6) is 0 Å². The molecular weight excluding hydrogens is 272 g/mol. The lowest BCUT2D eigenvalue weighted by Gasteiger charge is -2.15. The van der Waals surface area contributed by atoms with Crippen LogP contribution in [0.25, 0.3) is 0 Å². The van der Waals surface area contributed by atoms with Crippen LogP contribution in [0.1, 0.15) is 16.8 Å². The molecule has 1 atom stereocenters. The van der Waals surface area contributed by atoms with Crippen molar-refractivity contribution in [3.63, 3.8) is 0 Å². The number of nitrogens with zero attached hydrogens (tertiary/aromatic N) is 1.